The van der Waals surface area contributed by atoms with E-state index in [0.29, 0.717) is 19.6 Å². The molecule has 0 heterocycles. The number of nitrogens with two attached hydrogens (primary N) is 3. The molecule has 0 aliphatic heterocycles. The summed E-state index contributed by atoms with van der Waals surface area (Å²) in [5.74, 6) is 0. The summed E-state index contributed by atoms with van der Waals surface area (Å²) in [6.07, 6.45) is 3.13. The average molecular weight is 458 g/mol. The standard InChI is InChI=1S/C23H55N9/c1-3-17-31(19-13-27-9-7-25)20-15-29-11-12-30-16-22-32(21-14-28-10-8-26)18-5-23(2)4-6-24/h27-30H,2-22,24-26H2,1H3. The molecule has 0 spiro atoms. The van der Waals surface area contributed by atoms with Crippen LogP contribution in [0.5, 0.6) is 0 Å². The highest BCUT2D eigenvalue weighted by molar-refractivity contribution is 4.95. The van der Waals surface area contributed by atoms with E-state index >= 15 is 0 Å². The van der Waals surface area contributed by atoms with Crippen LogP contribution < -0.4 is 38.5 Å². The lowest BCUT2D eigenvalue weighted by Gasteiger charge is -2.23. The van der Waals surface area contributed by atoms with Crippen LogP contribution in [0, 0.1) is 0 Å². The molecule has 0 saturated carbocycles. The van der Waals surface area contributed by atoms with Crippen LogP contribution in [0.4, 0.5) is 0 Å². The Morgan fingerprint density at radius 3 is 1.41 bits per heavy atom. The minimum absolute atomic E-state index is 0.684. The second-order valence-electron chi connectivity index (χ2n) is 8.30. The van der Waals surface area contributed by atoms with Crippen molar-refractivity contribution in [3.63, 3.8) is 0 Å². The largest absolute Gasteiger partial charge is 0.330 e. The molecule has 0 aromatic rings. The van der Waals surface area contributed by atoms with Gasteiger partial charge in [-0.25, -0.2) is 0 Å². The number of hydrogen-bond acceptors (Lipinski definition) is 9. The molecule has 0 aromatic carbocycles. The van der Waals surface area contributed by atoms with Crippen LogP contribution in [0.2, 0.25) is 0 Å². The van der Waals surface area contributed by atoms with Gasteiger partial charge < -0.3 is 48.3 Å². The zero-order chi connectivity index (χ0) is 23.7. The van der Waals surface area contributed by atoms with E-state index in [1.165, 1.54) is 12.0 Å². The monoisotopic (exact) mass is 457 g/mol. The molecule has 0 aliphatic carbocycles. The molecule has 0 radical (unpaired) electrons. The highest BCUT2D eigenvalue weighted by Gasteiger charge is 2.06. The molecule has 0 atom stereocenters. The van der Waals surface area contributed by atoms with Crippen molar-refractivity contribution in [3.8, 4) is 0 Å². The summed E-state index contributed by atoms with van der Waals surface area (Å²) >= 11 is 0. The Kier molecular flexibility index (Phi) is 24.5. The molecule has 0 amide bonds. The predicted molar refractivity (Wildman–Crippen MR) is 140 cm³/mol. The first kappa shape index (κ1) is 31.4. The molecule has 192 valence electrons. The van der Waals surface area contributed by atoms with E-state index in [9.17, 15) is 0 Å². The smallest absolute Gasteiger partial charge is 0.0107 e. The van der Waals surface area contributed by atoms with Gasteiger partial charge in [-0.15, -0.1) is 0 Å². The molecule has 0 aromatic heterocycles. The molecule has 9 heteroatoms. The van der Waals surface area contributed by atoms with Gasteiger partial charge in [-0.2, -0.15) is 0 Å². The Bertz CT molecular complexity index is 396. The Morgan fingerprint density at radius 2 is 1.00 bits per heavy atom. The van der Waals surface area contributed by atoms with Gasteiger partial charge in [0.1, 0.15) is 0 Å². The maximum absolute atomic E-state index is 5.64. The molecule has 10 N–H and O–H groups in total. The number of nitrogens with zero attached hydrogens (tertiary/aromatic N) is 2. The maximum atomic E-state index is 5.64. The van der Waals surface area contributed by atoms with Crippen LogP contribution in [0.25, 0.3) is 0 Å². The van der Waals surface area contributed by atoms with Gasteiger partial charge in [0.25, 0.3) is 0 Å². The Morgan fingerprint density at radius 1 is 0.562 bits per heavy atom. The predicted octanol–water partition coefficient (Wildman–Crippen LogP) is -1.43. The minimum Gasteiger partial charge on any atom is -0.330 e. The summed E-state index contributed by atoms with van der Waals surface area (Å²) < 4.78 is 0. The van der Waals surface area contributed by atoms with Gasteiger partial charge in [-0.1, -0.05) is 19.1 Å². The fraction of sp³-hybridized carbons (Fsp3) is 0.913. The van der Waals surface area contributed by atoms with E-state index in [2.05, 4.69) is 44.6 Å². The first-order chi connectivity index (χ1) is 15.7. The van der Waals surface area contributed by atoms with Gasteiger partial charge in [0.15, 0.2) is 0 Å². The first-order valence-corrected chi connectivity index (χ1v) is 12.7. The van der Waals surface area contributed by atoms with Gasteiger partial charge in [0.05, 0.1) is 0 Å². The molecule has 32 heavy (non-hydrogen) atoms. The van der Waals surface area contributed by atoms with E-state index in [0.717, 1.165) is 104 Å². The lowest BCUT2D eigenvalue weighted by molar-refractivity contribution is 0.270. The van der Waals surface area contributed by atoms with E-state index in [1.54, 1.807) is 0 Å². The fourth-order valence-electron chi connectivity index (χ4n) is 3.46. The van der Waals surface area contributed by atoms with Crippen LogP contribution in [0.1, 0.15) is 26.2 Å². The van der Waals surface area contributed by atoms with Crippen molar-refractivity contribution in [2.24, 2.45) is 17.2 Å². The molecule has 0 bridgehead atoms. The van der Waals surface area contributed by atoms with Crippen LogP contribution in [-0.2, 0) is 0 Å². The lowest BCUT2D eigenvalue weighted by atomic mass is 10.1. The van der Waals surface area contributed by atoms with Crippen molar-refractivity contribution < 1.29 is 0 Å². The van der Waals surface area contributed by atoms with E-state index in [-0.39, 0.29) is 0 Å². The average Bonchev–Trinajstić information content (AvgIpc) is 2.79. The Balaban J connectivity index is 3.90. The Labute approximate surface area is 198 Å². The molecule has 0 rings (SSSR count). The van der Waals surface area contributed by atoms with Gasteiger partial charge in [-0.05, 0) is 32.4 Å². The highest BCUT2D eigenvalue weighted by Crippen LogP contribution is 2.04. The summed E-state index contributed by atoms with van der Waals surface area (Å²) in [6, 6.07) is 0. The normalized spacial score (nSPS) is 11.7. The van der Waals surface area contributed by atoms with Crippen LogP contribution in [0.15, 0.2) is 12.2 Å². The number of rotatable bonds is 26. The second-order valence-corrected chi connectivity index (χ2v) is 8.30. The van der Waals surface area contributed by atoms with E-state index in [4.69, 9.17) is 17.2 Å². The lowest BCUT2D eigenvalue weighted by Crippen LogP contribution is -2.41. The fourth-order valence-corrected chi connectivity index (χ4v) is 3.46. The van der Waals surface area contributed by atoms with Crippen molar-refractivity contribution in [3.05, 3.63) is 12.2 Å². The van der Waals surface area contributed by atoms with Crippen molar-refractivity contribution >= 4 is 0 Å². The molecular weight excluding hydrogens is 402 g/mol. The SMILES string of the molecule is C=C(CCN)CCN(CCNCCN)CCNCCNCCN(CCC)CCNCCN. The van der Waals surface area contributed by atoms with E-state index < -0.39 is 0 Å². The summed E-state index contributed by atoms with van der Waals surface area (Å²) in [5, 5.41) is 13.9. The maximum Gasteiger partial charge on any atom is 0.0107 e. The molecule has 0 aliphatic rings. The number of nitrogens with one attached hydrogen (secondary N) is 4. The van der Waals surface area contributed by atoms with Crippen LogP contribution in [0.3, 0.4) is 0 Å². The third-order valence-electron chi connectivity index (χ3n) is 5.36. The summed E-state index contributed by atoms with van der Waals surface area (Å²) in [4.78, 5) is 5.01. The summed E-state index contributed by atoms with van der Waals surface area (Å²) in [7, 11) is 0. The third-order valence-corrected chi connectivity index (χ3v) is 5.36. The van der Waals surface area contributed by atoms with Gasteiger partial charge in [-0.3, -0.25) is 0 Å². The van der Waals surface area contributed by atoms with Crippen LogP contribution in [-0.4, -0.2) is 121 Å². The molecule has 9 nitrogen and oxygen atoms in total. The zero-order valence-electron chi connectivity index (χ0n) is 21.0. The van der Waals surface area contributed by atoms with Gasteiger partial charge >= 0.3 is 0 Å². The third kappa shape index (κ3) is 21.2. The zero-order valence-corrected chi connectivity index (χ0v) is 21.0. The topological polar surface area (TPSA) is 133 Å². The number of hydrogen-bond donors (Lipinski definition) is 7. The van der Waals surface area contributed by atoms with Crippen molar-refractivity contribution in [1.29, 1.82) is 0 Å². The minimum atomic E-state index is 0.684. The Hall–Kier alpha value is -0.620. The molecule has 0 fully saturated rings. The van der Waals surface area contributed by atoms with Crippen molar-refractivity contribution in [2.75, 3.05) is 111 Å². The van der Waals surface area contributed by atoms with Crippen LogP contribution >= 0.6 is 0 Å². The van der Waals surface area contributed by atoms with Gasteiger partial charge in [0.2, 0.25) is 0 Å². The quantitative estimate of drug-likeness (QED) is 0.0617. The molecule has 0 saturated heterocycles. The van der Waals surface area contributed by atoms with Crippen molar-refractivity contribution in [1.82, 2.24) is 31.1 Å². The first-order valence-electron chi connectivity index (χ1n) is 12.7. The summed E-state index contributed by atoms with van der Waals surface area (Å²) in [6.45, 7) is 22.7. The van der Waals surface area contributed by atoms with Gasteiger partial charge in [0, 0.05) is 98.2 Å². The molecular formula is C23H55N9. The van der Waals surface area contributed by atoms with Crippen molar-refractivity contribution in [2.45, 2.75) is 26.2 Å². The highest BCUT2D eigenvalue weighted by atomic mass is 15.2. The second kappa shape index (κ2) is 25.0. The van der Waals surface area contributed by atoms with E-state index in [1.807, 2.05) is 0 Å². The molecule has 0 unspecified atom stereocenters. The summed E-state index contributed by atoms with van der Waals surface area (Å²) in [5.41, 5.74) is 18.0.